The molecule has 1 N–H and O–H groups in total. The molecule has 0 aliphatic carbocycles. The standard InChI is InChI=1S/C14H17BrFN3/c1-3-17-7-12-9-19(18-10(12)2)8-11-4-5-14(16)13(15)6-11/h4-6,9,17H,3,7-8H2,1-2H3. The van der Waals surface area contributed by atoms with Gasteiger partial charge in [-0.1, -0.05) is 13.0 Å². The number of nitrogens with zero attached hydrogens (tertiary/aromatic N) is 2. The first-order chi connectivity index (χ1) is 9.10. The fraction of sp³-hybridized carbons (Fsp3) is 0.357. The maximum absolute atomic E-state index is 13.2. The zero-order valence-corrected chi connectivity index (χ0v) is 12.7. The minimum atomic E-state index is -0.242. The van der Waals surface area contributed by atoms with Gasteiger partial charge in [0.05, 0.1) is 16.7 Å². The molecule has 0 radical (unpaired) electrons. The lowest BCUT2D eigenvalue weighted by Crippen LogP contribution is -2.11. The highest BCUT2D eigenvalue weighted by molar-refractivity contribution is 9.10. The second kappa shape index (κ2) is 6.30. The Morgan fingerprint density at radius 1 is 1.42 bits per heavy atom. The normalized spacial score (nSPS) is 10.9. The lowest BCUT2D eigenvalue weighted by molar-refractivity contribution is 0.617. The molecule has 0 fully saturated rings. The number of aromatic nitrogens is 2. The molecule has 0 aliphatic rings. The second-order valence-corrected chi connectivity index (χ2v) is 5.32. The number of aryl methyl sites for hydroxylation is 1. The Balaban J connectivity index is 2.12. The third-order valence-corrected chi connectivity index (χ3v) is 3.55. The van der Waals surface area contributed by atoms with Crippen LogP contribution in [0.15, 0.2) is 28.9 Å². The molecule has 0 unspecified atom stereocenters. The molecule has 0 bridgehead atoms. The summed E-state index contributed by atoms with van der Waals surface area (Å²) in [6.07, 6.45) is 2.04. The molecule has 3 nitrogen and oxygen atoms in total. The number of benzene rings is 1. The third kappa shape index (κ3) is 3.64. The van der Waals surface area contributed by atoms with E-state index in [2.05, 4.69) is 33.3 Å². The molecule has 0 atom stereocenters. The molecule has 2 aromatic rings. The maximum Gasteiger partial charge on any atom is 0.137 e. The molecule has 1 aromatic carbocycles. The van der Waals surface area contributed by atoms with Crippen molar-refractivity contribution in [1.29, 1.82) is 0 Å². The van der Waals surface area contributed by atoms with Crippen molar-refractivity contribution >= 4 is 15.9 Å². The van der Waals surface area contributed by atoms with Gasteiger partial charge < -0.3 is 5.32 Å². The first-order valence-corrected chi connectivity index (χ1v) is 7.07. The van der Waals surface area contributed by atoms with Crippen LogP contribution in [-0.4, -0.2) is 16.3 Å². The van der Waals surface area contributed by atoms with E-state index in [0.717, 1.165) is 24.3 Å². The van der Waals surface area contributed by atoms with Gasteiger partial charge in [-0.25, -0.2) is 4.39 Å². The Bertz CT molecular complexity index is 566. The first kappa shape index (κ1) is 14.2. The zero-order valence-electron chi connectivity index (χ0n) is 11.1. The van der Waals surface area contributed by atoms with E-state index < -0.39 is 0 Å². The Labute approximate surface area is 121 Å². The van der Waals surface area contributed by atoms with Crippen molar-refractivity contribution in [2.75, 3.05) is 6.54 Å². The van der Waals surface area contributed by atoms with Crippen LogP contribution in [0.2, 0.25) is 0 Å². The highest BCUT2D eigenvalue weighted by Gasteiger charge is 2.06. The van der Waals surface area contributed by atoms with Crippen LogP contribution in [0.25, 0.3) is 0 Å². The van der Waals surface area contributed by atoms with Crippen LogP contribution < -0.4 is 5.32 Å². The fourth-order valence-electron chi connectivity index (χ4n) is 1.90. The van der Waals surface area contributed by atoms with Crippen molar-refractivity contribution in [2.24, 2.45) is 0 Å². The van der Waals surface area contributed by atoms with E-state index in [4.69, 9.17) is 0 Å². The fourth-order valence-corrected chi connectivity index (χ4v) is 2.32. The summed E-state index contributed by atoms with van der Waals surface area (Å²) in [4.78, 5) is 0. The summed E-state index contributed by atoms with van der Waals surface area (Å²) in [7, 11) is 0. The van der Waals surface area contributed by atoms with Crippen molar-refractivity contribution in [1.82, 2.24) is 15.1 Å². The number of hydrogen-bond acceptors (Lipinski definition) is 2. The molecule has 1 heterocycles. The molecule has 1 aromatic heterocycles. The average molecular weight is 326 g/mol. The van der Waals surface area contributed by atoms with Crippen molar-refractivity contribution < 1.29 is 4.39 Å². The summed E-state index contributed by atoms with van der Waals surface area (Å²) >= 11 is 3.20. The summed E-state index contributed by atoms with van der Waals surface area (Å²) in [5, 5.41) is 7.77. The zero-order chi connectivity index (χ0) is 13.8. The van der Waals surface area contributed by atoms with Gasteiger partial charge in [0.2, 0.25) is 0 Å². The Kier molecular flexibility index (Phi) is 4.71. The van der Waals surface area contributed by atoms with Crippen molar-refractivity contribution in [3.63, 3.8) is 0 Å². The summed E-state index contributed by atoms with van der Waals surface area (Å²) in [6, 6.07) is 5.03. The van der Waals surface area contributed by atoms with Crippen LogP contribution in [0.4, 0.5) is 4.39 Å². The van der Waals surface area contributed by atoms with Gasteiger partial charge in [-0.2, -0.15) is 5.10 Å². The number of rotatable bonds is 5. The Hall–Kier alpha value is -1.20. The number of hydrogen-bond donors (Lipinski definition) is 1. The van der Waals surface area contributed by atoms with E-state index in [9.17, 15) is 4.39 Å². The molecule has 5 heteroatoms. The van der Waals surface area contributed by atoms with Gasteiger partial charge in [-0.3, -0.25) is 4.68 Å². The molecule has 102 valence electrons. The summed E-state index contributed by atoms with van der Waals surface area (Å²) in [5.74, 6) is -0.242. The van der Waals surface area contributed by atoms with E-state index in [1.165, 1.54) is 11.6 Å². The van der Waals surface area contributed by atoms with Gasteiger partial charge in [0.1, 0.15) is 5.82 Å². The predicted molar refractivity (Wildman–Crippen MR) is 77.5 cm³/mol. The molecule has 0 spiro atoms. The van der Waals surface area contributed by atoms with Crippen LogP contribution in [0.1, 0.15) is 23.7 Å². The van der Waals surface area contributed by atoms with E-state index in [0.29, 0.717) is 11.0 Å². The van der Waals surface area contributed by atoms with Crippen molar-refractivity contribution in [3.8, 4) is 0 Å². The van der Waals surface area contributed by atoms with Crippen LogP contribution in [0.3, 0.4) is 0 Å². The molecular weight excluding hydrogens is 309 g/mol. The summed E-state index contributed by atoms with van der Waals surface area (Å²) in [6.45, 7) is 6.50. The molecule has 19 heavy (non-hydrogen) atoms. The monoisotopic (exact) mass is 325 g/mol. The average Bonchev–Trinajstić information content (AvgIpc) is 2.72. The quantitative estimate of drug-likeness (QED) is 0.914. The van der Waals surface area contributed by atoms with Crippen LogP contribution in [-0.2, 0) is 13.1 Å². The lowest BCUT2D eigenvalue weighted by Gasteiger charge is -2.03. The van der Waals surface area contributed by atoms with Crippen LogP contribution in [0, 0.1) is 12.7 Å². The minimum absolute atomic E-state index is 0.242. The molecule has 0 saturated carbocycles. The Morgan fingerprint density at radius 2 is 2.21 bits per heavy atom. The topological polar surface area (TPSA) is 29.9 Å². The van der Waals surface area contributed by atoms with E-state index >= 15 is 0 Å². The number of nitrogens with one attached hydrogen (secondary N) is 1. The van der Waals surface area contributed by atoms with E-state index in [-0.39, 0.29) is 5.82 Å². The summed E-state index contributed by atoms with van der Waals surface area (Å²) < 4.78 is 15.5. The van der Waals surface area contributed by atoms with Gasteiger partial charge in [0.25, 0.3) is 0 Å². The highest BCUT2D eigenvalue weighted by atomic mass is 79.9. The molecule has 0 aliphatic heterocycles. The van der Waals surface area contributed by atoms with Gasteiger partial charge in [-0.15, -0.1) is 0 Å². The smallest absolute Gasteiger partial charge is 0.137 e. The largest absolute Gasteiger partial charge is 0.313 e. The molecule has 2 rings (SSSR count). The highest BCUT2D eigenvalue weighted by Crippen LogP contribution is 2.17. The molecule has 0 amide bonds. The van der Waals surface area contributed by atoms with Crippen LogP contribution in [0.5, 0.6) is 0 Å². The van der Waals surface area contributed by atoms with E-state index in [1.54, 1.807) is 12.1 Å². The van der Waals surface area contributed by atoms with Gasteiger partial charge in [-0.05, 0) is 47.1 Å². The predicted octanol–water partition coefficient (Wildman–Crippen LogP) is 3.25. The van der Waals surface area contributed by atoms with Crippen LogP contribution >= 0.6 is 15.9 Å². The number of halogens is 2. The second-order valence-electron chi connectivity index (χ2n) is 4.47. The first-order valence-electron chi connectivity index (χ1n) is 6.27. The lowest BCUT2D eigenvalue weighted by atomic mass is 10.2. The van der Waals surface area contributed by atoms with E-state index in [1.807, 2.05) is 17.8 Å². The maximum atomic E-state index is 13.2. The SMILES string of the molecule is CCNCc1cn(Cc2ccc(F)c(Br)c2)nc1C. The molecular formula is C14H17BrFN3. The van der Waals surface area contributed by atoms with Gasteiger partial charge in [0, 0.05) is 18.3 Å². The van der Waals surface area contributed by atoms with Crippen molar-refractivity contribution in [2.45, 2.75) is 26.9 Å². The van der Waals surface area contributed by atoms with Crippen molar-refractivity contribution in [3.05, 3.63) is 51.5 Å². The third-order valence-electron chi connectivity index (χ3n) is 2.94. The van der Waals surface area contributed by atoms with Gasteiger partial charge >= 0.3 is 0 Å². The van der Waals surface area contributed by atoms with Gasteiger partial charge in [0.15, 0.2) is 0 Å². The minimum Gasteiger partial charge on any atom is -0.313 e. The summed E-state index contributed by atoms with van der Waals surface area (Å²) in [5.41, 5.74) is 3.25. The molecule has 0 saturated heterocycles. The Morgan fingerprint density at radius 3 is 2.89 bits per heavy atom.